The minimum absolute atomic E-state index is 0.00163. The van der Waals surface area contributed by atoms with Crippen LogP contribution in [0.1, 0.15) is 25.0 Å². The van der Waals surface area contributed by atoms with Crippen LogP contribution in [0.15, 0.2) is 66.7 Å². The second-order valence-corrected chi connectivity index (χ2v) is 12.7. The Kier molecular flexibility index (Phi) is 11.4. The van der Waals surface area contributed by atoms with E-state index in [-0.39, 0.29) is 35.5 Å². The highest BCUT2D eigenvalue weighted by Gasteiger charge is 2.34. The number of benzene rings is 3. The van der Waals surface area contributed by atoms with E-state index in [1.165, 1.54) is 18.1 Å². The average Bonchev–Trinajstić information content (AvgIpc) is 2.94. The maximum absolute atomic E-state index is 14.2. The van der Waals surface area contributed by atoms with E-state index in [0.717, 1.165) is 28.3 Å². The molecule has 0 aliphatic carbocycles. The molecular formula is C29H32Cl2N4O7S. The first-order valence-electron chi connectivity index (χ1n) is 13.1. The number of nitrogens with one attached hydrogen (secondary N) is 1. The number of carbonyl (C=O) groups is 2. The van der Waals surface area contributed by atoms with Crippen LogP contribution in [0.2, 0.25) is 10.0 Å². The normalized spacial score (nSPS) is 12.0. The van der Waals surface area contributed by atoms with Gasteiger partial charge in [0.2, 0.25) is 21.8 Å². The minimum Gasteiger partial charge on any atom is -0.495 e. The summed E-state index contributed by atoms with van der Waals surface area (Å²) in [6.07, 6.45) is 0.986. The fourth-order valence-electron chi connectivity index (χ4n) is 4.35. The number of nitro groups is 1. The van der Waals surface area contributed by atoms with E-state index in [9.17, 15) is 28.1 Å². The Balaban J connectivity index is 2.15. The predicted octanol–water partition coefficient (Wildman–Crippen LogP) is 4.84. The fourth-order valence-corrected chi connectivity index (χ4v) is 5.52. The highest BCUT2D eigenvalue weighted by Crippen LogP contribution is 2.34. The first kappa shape index (κ1) is 33.6. The summed E-state index contributed by atoms with van der Waals surface area (Å²) in [6.45, 7) is 2.66. The number of sulfonamides is 1. The number of methoxy groups -OCH3 is 1. The molecule has 3 aromatic rings. The monoisotopic (exact) mass is 650 g/mol. The molecule has 3 rings (SSSR count). The number of amides is 2. The van der Waals surface area contributed by atoms with Gasteiger partial charge in [0.1, 0.15) is 24.0 Å². The standard InChI is InChI=1S/C29H32Cl2N4O7S/c1-19(2)32-29(37)26(15-20-8-6-5-7-9-20)33(17-21-10-12-23(30)24(31)14-21)28(36)18-34(43(4,40)41)25-16-22(35(38)39)11-13-27(25)42-3/h5-14,16,19,26H,15,17-18H2,1-4H3,(H,32,37)/t26-/m1/s1. The summed E-state index contributed by atoms with van der Waals surface area (Å²) in [5, 5.41) is 14.9. The van der Waals surface area contributed by atoms with Gasteiger partial charge in [0.05, 0.1) is 28.3 Å². The topological polar surface area (TPSA) is 139 Å². The molecule has 14 heteroatoms. The number of hydrogen-bond donors (Lipinski definition) is 1. The molecule has 2 amide bonds. The summed E-state index contributed by atoms with van der Waals surface area (Å²) in [4.78, 5) is 39.9. The van der Waals surface area contributed by atoms with Crippen molar-refractivity contribution in [1.29, 1.82) is 0 Å². The lowest BCUT2D eigenvalue weighted by molar-refractivity contribution is -0.384. The van der Waals surface area contributed by atoms with Crippen molar-refractivity contribution >= 4 is 56.4 Å². The Bertz CT molecular complexity index is 1590. The van der Waals surface area contributed by atoms with Crippen molar-refractivity contribution in [2.75, 3.05) is 24.2 Å². The molecule has 11 nitrogen and oxygen atoms in total. The molecule has 0 saturated heterocycles. The fraction of sp³-hybridized carbons (Fsp3) is 0.310. The van der Waals surface area contributed by atoms with Gasteiger partial charge in [-0.05, 0) is 43.2 Å². The van der Waals surface area contributed by atoms with Crippen LogP contribution in [0.3, 0.4) is 0 Å². The highest BCUT2D eigenvalue weighted by atomic mass is 35.5. The van der Waals surface area contributed by atoms with E-state index in [2.05, 4.69) is 5.32 Å². The number of anilines is 1. The average molecular weight is 652 g/mol. The lowest BCUT2D eigenvalue weighted by Crippen LogP contribution is -2.54. The van der Waals surface area contributed by atoms with Crippen LogP contribution < -0.4 is 14.4 Å². The van der Waals surface area contributed by atoms with Crippen LogP contribution in [0.25, 0.3) is 0 Å². The zero-order valence-electron chi connectivity index (χ0n) is 24.0. The molecule has 1 N–H and O–H groups in total. The third kappa shape index (κ3) is 9.06. The number of non-ortho nitro benzene ring substituents is 1. The molecule has 0 saturated carbocycles. The number of carbonyl (C=O) groups excluding carboxylic acids is 2. The summed E-state index contributed by atoms with van der Waals surface area (Å²) < 4.78 is 32.1. The maximum atomic E-state index is 14.2. The zero-order valence-corrected chi connectivity index (χ0v) is 26.3. The Labute approximate surface area is 260 Å². The molecule has 0 unspecified atom stereocenters. The summed E-state index contributed by atoms with van der Waals surface area (Å²) >= 11 is 12.3. The van der Waals surface area contributed by atoms with Crippen molar-refractivity contribution in [3.8, 4) is 5.75 Å². The third-order valence-corrected chi connectivity index (χ3v) is 8.23. The lowest BCUT2D eigenvalue weighted by atomic mass is 10.0. The van der Waals surface area contributed by atoms with Gasteiger partial charge < -0.3 is 15.0 Å². The first-order chi connectivity index (χ1) is 20.2. The molecule has 3 aromatic carbocycles. The van der Waals surface area contributed by atoms with Gasteiger partial charge in [0.15, 0.2) is 0 Å². The molecule has 0 aromatic heterocycles. The van der Waals surface area contributed by atoms with Gasteiger partial charge in [-0.15, -0.1) is 0 Å². The molecule has 43 heavy (non-hydrogen) atoms. The van der Waals surface area contributed by atoms with Crippen molar-refractivity contribution in [3.63, 3.8) is 0 Å². The molecule has 0 heterocycles. The van der Waals surface area contributed by atoms with Gasteiger partial charge in [-0.3, -0.25) is 24.0 Å². The van der Waals surface area contributed by atoms with Crippen LogP contribution in [0, 0.1) is 10.1 Å². The Morgan fingerprint density at radius 2 is 1.67 bits per heavy atom. The summed E-state index contributed by atoms with van der Waals surface area (Å²) in [7, 11) is -2.91. The van der Waals surface area contributed by atoms with Crippen LogP contribution in [-0.4, -0.2) is 62.0 Å². The van der Waals surface area contributed by atoms with Gasteiger partial charge in [-0.1, -0.05) is 59.6 Å². The molecule has 230 valence electrons. The van der Waals surface area contributed by atoms with Gasteiger partial charge in [0.25, 0.3) is 5.69 Å². The van der Waals surface area contributed by atoms with Crippen LogP contribution in [0.4, 0.5) is 11.4 Å². The van der Waals surface area contributed by atoms with E-state index in [4.69, 9.17) is 27.9 Å². The number of rotatable bonds is 13. The molecule has 0 aliphatic heterocycles. The number of nitrogens with zero attached hydrogens (tertiary/aromatic N) is 3. The Morgan fingerprint density at radius 3 is 2.23 bits per heavy atom. The van der Waals surface area contributed by atoms with Crippen molar-refractivity contribution in [3.05, 3.63) is 98.0 Å². The zero-order chi connectivity index (χ0) is 31.9. The molecule has 0 fully saturated rings. The number of halogens is 2. The highest BCUT2D eigenvalue weighted by molar-refractivity contribution is 7.92. The van der Waals surface area contributed by atoms with E-state index in [0.29, 0.717) is 10.6 Å². The van der Waals surface area contributed by atoms with Gasteiger partial charge >= 0.3 is 0 Å². The SMILES string of the molecule is COc1ccc([N+](=O)[O-])cc1N(CC(=O)N(Cc1ccc(Cl)c(Cl)c1)[C@H](Cc1ccccc1)C(=O)NC(C)C)S(C)(=O)=O. The second kappa shape index (κ2) is 14.5. The summed E-state index contributed by atoms with van der Waals surface area (Å²) in [6, 6.07) is 15.9. The second-order valence-electron chi connectivity index (χ2n) is 10.0. The molecular weight excluding hydrogens is 619 g/mol. The summed E-state index contributed by atoms with van der Waals surface area (Å²) in [5.41, 5.74) is 0.701. The van der Waals surface area contributed by atoms with E-state index >= 15 is 0 Å². The van der Waals surface area contributed by atoms with Gasteiger partial charge in [0, 0.05) is 31.1 Å². The largest absolute Gasteiger partial charge is 0.495 e. The molecule has 0 spiro atoms. The molecule has 1 atom stereocenters. The van der Waals surface area contributed by atoms with Crippen molar-refractivity contribution in [2.45, 2.75) is 38.9 Å². The number of ether oxygens (including phenoxy) is 1. The van der Waals surface area contributed by atoms with Crippen molar-refractivity contribution in [1.82, 2.24) is 10.2 Å². The predicted molar refractivity (Wildman–Crippen MR) is 166 cm³/mol. The molecule has 0 aliphatic rings. The Morgan fingerprint density at radius 1 is 1.00 bits per heavy atom. The number of hydrogen-bond acceptors (Lipinski definition) is 7. The maximum Gasteiger partial charge on any atom is 0.271 e. The quantitative estimate of drug-likeness (QED) is 0.206. The molecule has 0 radical (unpaired) electrons. The van der Waals surface area contributed by atoms with E-state index in [1.54, 1.807) is 44.2 Å². The first-order valence-corrected chi connectivity index (χ1v) is 15.7. The van der Waals surface area contributed by atoms with Crippen LogP contribution in [-0.2, 0) is 32.6 Å². The minimum atomic E-state index is -4.19. The van der Waals surface area contributed by atoms with Crippen LogP contribution >= 0.6 is 23.2 Å². The molecule has 0 bridgehead atoms. The number of nitro benzene ring substituents is 1. The van der Waals surface area contributed by atoms with Crippen LogP contribution in [0.5, 0.6) is 5.75 Å². The van der Waals surface area contributed by atoms with Gasteiger partial charge in [-0.25, -0.2) is 8.42 Å². The summed E-state index contributed by atoms with van der Waals surface area (Å²) in [5.74, 6) is -1.20. The third-order valence-electron chi connectivity index (χ3n) is 6.36. The van der Waals surface area contributed by atoms with Gasteiger partial charge in [-0.2, -0.15) is 0 Å². The Hall–Kier alpha value is -3.87. The lowest BCUT2D eigenvalue weighted by Gasteiger charge is -2.34. The smallest absolute Gasteiger partial charge is 0.271 e. The van der Waals surface area contributed by atoms with Crippen molar-refractivity contribution < 1.29 is 27.7 Å². The van der Waals surface area contributed by atoms with E-state index < -0.39 is 45.0 Å². The van der Waals surface area contributed by atoms with Crippen molar-refractivity contribution in [2.24, 2.45) is 0 Å². The van der Waals surface area contributed by atoms with E-state index in [1.807, 2.05) is 18.2 Å².